The van der Waals surface area contributed by atoms with E-state index < -0.39 is 5.41 Å². The molecule has 0 amide bonds. The van der Waals surface area contributed by atoms with Gasteiger partial charge in [0, 0.05) is 39.3 Å². The van der Waals surface area contributed by atoms with Crippen molar-refractivity contribution < 1.29 is 4.42 Å². The van der Waals surface area contributed by atoms with Gasteiger partial charge in [0.1, 0.15) is 11.2 Å². The molecule has 11 aromatic rings. The van der Waals surface area contributed by atoms with Gasteiger partial charge in [0.15, 0.2) is 0 Å². The first kappa shape index (κ1) is 37.4. The van der Waals surface area contributed by atoms with E-state index in [4.69, 9.17) is 4.42 Å². The maximum absolute atomic E-state index is 6.51. The van der Waals surface area contributed by atoms with Crippen molar-refractivity contribution in [1.29, 1.82) is 0 Å². The molecule has 0 saturated heterocycles. The highest BCUT2D eigenvalue weighted by molar-refractivity contribution is 6.06. The fourth-order valence-electron chi connectivity index (χ4n) is 11.4. The summed E-state index contributed by atoms with van der Waals surface area (Å²) >= 11 is 0. The molecular weight excluding hydrogens is 787 g/mol. The lowest BCUT2D eigenvalue weighted by Crippen LogP contribution is -2.28. The van der Waals surface area contributed by atoms with Gasteiger partial charge in [-0.05, 0) is 128 Å². The minimum Gasteiger partial charge on any atom is -0.456 e. The second kappa shape index (κ2) is 14.4. The predicted octanol–water partition coefficient (Wildman–Crippen LogP) is 16.4. The molecule has 2 heteroatoms. The van der Waals surface area contributed by atoms with Crippen LogP contribution < -0.4 is 4.90 Å². The van der Waals surface area contributed by atoms with Crippen LogP contribution in [-0.4, -0.2) is 0 Å². The summed E-state index contributed by atoms with van der Waals surface area (Å²) in [6.07, 6.45) is 0. The number of benzene rings is 10. The second-order valence-corrected chi connectivity index (χ2v) is 17.7. The van der Waals surface area contributed by atoms with Gasteiger partial charge < -0.3 is 9.32 Å². The molecular formula is C63H43NO. The molecule has 65 heavy (non-hydrogen) atoms. The summed E-state index contributed by atoms with van der Waals surface area (Å²) in [7, 11) is 0. The number of furan rings is 1. The van der Waals surface area contributed by atoms with Gasteiger partial charge in [0.25, 0.3) is 0 Å². The van der Waals surface area contributed by atoms with Gasteiger partial charge in [0.05, 0.1) is 5.41 Å². The van der Waals surface area contributed by atoms with Gasteiger partial charge >= 0.3 is 0 Å². The molecule has 1 aromatic heterocycles. The Hall–Kier alpha value is -8.20. The van der Waals surface area contributed by atoms with Crippen LogP contribution in [0.1, 0.15) is 45.9 Å². The van der Waals surface area contributed by atoms with Gasteiger partial charge in [-0.2, -0.15) is 0 Å². The van der Waals surface area contributed by atoms with Crippen molar-refractivity contribution in [3.63, 3.8) is 0 Å². The van der Waals surface area contributed by atoms with Crippen molar-refractivity contribution in [2.75, 3.05) is 4.90 Å². The summed E-state index contributed by atoms with van der Waals surface area (Å²) in [5.41, 5.74) is 20.7. The Labute approximate surface area is 379 Å². The quantitative estimate of drug-likeness (QED) is 0.159. The zero-order valence-electron chi connectivity index (χ0n) is 35.9. The molecule has 306 valence electrons. The molecule has 0 aliphatic heterocycles. The number of hydrogen-bond donors (Lipinski definition) is 0. The van der Waals surface area contributed by atoms with Crippen LogP contribution in [0.4, 0.5) is 17.1 Å². The fraction of sp³-hybridized carbons (Fsp3) is 0.0476. The second-order valence-electron chi connectivity index (χ2n) is 17.7. The third-order valence-electron chi connectivity index (χ3n) is 14.4. The third-order valence-corrected chi connectivity index (χ3v) is 14.4. The summed E-state index contributed by atoms with van der Waals surface area (Å²) in [6, 6.07) is 89.1. The maximum atomic E-state index is 6.51. The van der Waals surface area contributed by atoms with Crippen molar-refractivity contribution in [2.24, 2.45) is 0 Å². The van der Waals surface area contributed by atoms with Crippen LogP contribution in [0.25, 0.3) is 55.3 Å². The minimum absolute atomic E-state index is 0.330. The van der Waals surface area contributed by atoms with Gasteiger partial charge in [0.2, 0.25) is 0 Å². The number of fused-ring (bicyclic) bond motifs is 9. The lowest BCUT2D eigenvalue weighted by Gasteiger charge is -2.34. The lowest BCUT2D eigenvalue weighted by molar-refractivity contribution is 0.669. The maximum Gasteiger partial charge on any atom is 0.137 e. The van der Waals surface area contributed by atoms with Gasteiger partial charge in [-0.3, -0.25) is 0 Å². The van der Waals surface area contributed by atoms with E-state index in [0.717, 1.165) is 44.6 Å². The summed E-state index contributed by atoms with van der Waals surface area (Å²) in [4.78, 5) is 2.39. The molecule has 0 bridgehead atoms. The molecule has 2 aliphatic rings. The van der Waals surface area contributed by atoms with Crippen LogP contribution in [0.3, 0.4) is 0 Å². The number of anilines is 3. The largest absolute Gasteiger partial charge is 0.456 e. The molecule has 0 radical (unpaired) electrons. The molecule has 0 saturated carbocycles. The van der Waals surface area contributed by atoms with E-state index >= 15 is 0 Å². The van der Waals surface area contributed by atoms with E-state index in [9.17, 15) is 0 Å². The van der Waals surface area contributed by atoms with E-state index in [0.29, 0.717) is 0 Å². The third kappa shape index (κ3) is 5.47. The standard InChI is InChI=1S/C63H43NO/c1-62(44-17-5-2-6-18-44)56-26-14-11-23-50(56)52-37-34-48(40-58(52)62)64(49-35-38-55-54-25-13-16-28-60(54)65-61(55)41-49)47-32-29-42(30-33-47)43-31-36-53-51-24-12-15-27-57(51)63(59(53)39-43,45-19-7-3-8-20-45)46-21-9-4-10-22-46/h2-41H,1H3. The lowest BCUT2D eigenvalue weighted by atomic mass is 9.67. The monoisotopic (exact) mass is 829 g/mol. The number of hydrogen-bond acceptors (Lipinski definition) is 2. The van der Waals surface area contributed by atoms with Gasteiger partial charge in [-0.1, -0.05) is 188 Å². The van der Waals surface area contributed by atoms with Crippen LogP contribution in [-0.2, 0) is 10.8 Å². The van der Waals surface area contributed by atoms with Gasteiger partial charge in [-0.15, -0.1) is 0 Å². The minimum atomic E-state index is -0.460. The van der Waals surface area contributed by atoms with Gasteiger partial charge in [-0.25, -0.2) is 0 Å². The summed E-state index contributed by atoms with van der Waals surface area (Å²) in [6.45, 7) is 2.38. The number of rotatable bonds is 7. The Morgan fingerprint density at radius 3 is 1.54 bits per heavy atom. The highest BCUT2D eigenvalue weighted by Gasteiger charge is 2.46. The first-order valence-corrected chi connectivity index (χ1v) is 22.6. The van der Waals surface area contributed by atoms with Crippen molar-refractivity contribution in [1.82, 2.24) is 0 Å². The number of para-hydroxylation sites is 1. The smallest absolute Gasteiger partial charge is 0.137 e. The normalized spacial score (nSPS) is 15.3. The molecule has 0 spiro atoms. The Kier molecular flexibility index (Phi) is 8.29. The predicted molar refractivity (Wildman–Crippen MR) is 269 cm³/mol. The topological polar surface area (TPSA) is 16.4 Å². The average molecular weight is 830 g/mol. The van der Waals surface area contributed by atoms with Crippen LogP contribution in [0, 0.1) is 0 Å². The van der Waals surface area contributed by atoms with Crippen LogP contribution in [0.5, 0.6) is 0 Å². The molecule has 1 unspecified atom stereocenters. The van der Waals surface area contributed by atoms with Crippen LogP contribution >= 0.6 is 0 Å². The molecule has 2 nitrogen and oxygen atoms in total. The van der Waals surface area contributed by atoms with E-state index in [2.05, 4.69) is 248 Å². The summed E-state index contributed by atoms with van der Waals surface area (Å²) < 4.78 is 6.51. The number of nitrogens with zero attached hydrogens (tertiary/aromatic N) is 1. The van der Waals surface area contributed by atoms with E-state index in [1.165, 1.54) is 66.8 Å². The van der Waals surface area contributed by atoms with E-state index in [1.54, 1.807) is 0 Å². The molecule has 0 fully saturated rings. The Balaban J connectivity index is 0.970. The van der Waals surface area contributed by atoms with E-state index in [1.807, 2.05) is 6.07 Å². The van der Waals surface area contributed by atoms with E-state index in [-0.39, 0.29) is 5.41 Å². The Bertz CT molecular complexity index is 3570. The fourth-order valence-corrected chi connectivity index (χ4v) is 11.4. The molecule has 2 aliphatic carbocycles. The molecule has 10 aromatic carbocycles. The average Bonchev–Trinajstić information content (AvgIpc) is 3.99. The zero-order chi connectivity index (χ0) is 43.1. The summed E-state index contributed by atoms with van der Waals surface area (Å²) in [5.74, 6) is 0. The Morgan fingerprint density at radius 2 is 0.815 bits per heavy atom. The molecule has 0 N–H and O–H groups in total. The van der Waals surface area contributed by atoms with Crippen molar-refractivity contribution in [3.8, 4) is 33.4 Å². The Morgan fingerprint density at radius 1 is 0.323 bits per heavy atom. The highest BCUT2D eigenvalue weighted by atomic mass is 16.3. The molecule has 13 rings (SSSR count). The first-order valence-electron chi connectivity index (χ1n) is 22.6. The van der Waals surface area contributed by atoms with Crippen molar-refractivity contribution in [2.45, 2.75) is 17.8 Å². The van der Waals surface area contributed by atoms with Crippen molar-refractivity contribution >= 4 is 39.0 Å². The van der Waals surface area contributed by atoms with Crippen LogP contribution in [0.15, 0.2) is 247 Å². The zero-order valence-corrected chi connectivity index (χ0v) is 35.9. The summed E-state index contributed by atoms with van der Waals surface area (Å²) in [5, 5.41) is 2.24. The first-order chi connectivity index (χ1) is 32.1. The highest BCUT2D eigenvalue weighted by Crippen LogP contribution is 2.57. The molecule has 1 atom stereocenters. The van der Waals surface area contributed by atoms with Crippen LogP contribution in [0.2, 0.25) is 0 Å². The molecule has 1 heterocycles. The van der Waals surface area contributed by atoms with Crippen molar-refractivity contribution in [3.05, 3.63) is 282 Å². The SMILES string of the molecule is CC1(c2ccccc2)c2ccccc2-c2ccc(N(c3ccc(-c4ccc5c(c4)C(c4ccccc4)(c4ccccc4)c4ccccc4-5)cc3)c3ccc4c(c3)oc3ccccc34)cc21.